The second-order valence-electron chi connectivity index (χ2n) is 5.59. The fourth-order valence-corrected chi connectivity index (χ4v) is 1.91. The van der Waals surface area contributed by atoms with Crippen LogP contribution in [0, 0.1) is 22.7 Å². The quantitative estimate of drug-likeness (QED) is 0.579. The van der Waals surface area contributed by atoms with Crippen molar-refractivity contribution in [1.82, 2.24) is 0 Å². The van der Waals surface area contributed by atoms with Gasteiger partial charge in [-0.05, 0) is 36.5 Å². The van der Waals surface area contributed by atoms with Crippen molar-refractivity contribution in [2.45, 2.75) is 67.2 Å². The van der Waals surface area contributed by atoms with Crippen molar-refractivity contribution in [3.05, 3.63) is 0 Å². The summed E-state index contributed by atoms with van der Waals surface area (Å²) in [6, 6.07) is 0. The molecule has 0 aromatic heterocycles. The van der Waals surface area contributed by atoms with E-state index in [0.717, 1.165) is 18.6 Å². The van der Waals surface area contributed by atoms with E-state index in [1.165, 1.54) is 12.8 Å². The summed E-state index contributed by atoms with van der Waals surface area (Å²) in [5.41, 5.74) is 1.36. The van der Waals surface area contributed by atoms with E-state index in [-0.39, 0.29) is 0 Å². The summed E-state index contributed by atoms with van der Waals surface area (Å²) in [5, 5.41) is 8.21. The Morgan fingerprint density at radius 2 is 1.67 bits per heavy atom. The predicted octanol–water partition coefficient (Wildman–Crippen LogP) is 4.90. The predicted molar refractivity (Wildman–Crippen MR) is 69.7 cm³/mol. The van der Waals surface area contributed by atoms with Crippen LogP contribution in [0.1, 0.15) is 67.2 Å². The van der Waals surface area contributed by atoms with Crippen molar-refractivity contribution >= 4 is 5.71 Å². The van der Waals surface area contributed by atoms with E-state index < -0.39 is 0 Å². The Labute approximate surface area is 96.2 Å². The molecule has 0 bridgehead atoms. The molecule has 0 aliphatic rings. The first-order chi connectivity index (χ1) is 6.87. The molecule has 0 saturated carbocycles. The lowest BCUT2D eigenvalue weighted by Crippen LogP contribution is -2.25. The van der Waals surface area contributed by atoms with Crippen molar-refractivity contribution < 1.29 is 0 Å². The van der Waals surface area contributed by atoms with Crippen LogP contribution in [-0.4, -0.2) is 5.71 Å². The molecule has 90 valence electrons. The van der Waals surface area contributed by atoms with Gasteiger partial charge in [0.2, 0.25) is 0 Å². The molecule has 0 aromatic carbocycles. The Morgan fingerprint density at radius 1 is 1.13 bits per heavy atom. The highest BCUT2D eigenvalue weighted by molar-refractivity contribution is 5.85. The van der Waals surface area contributed by atoms with Gasteiger partial charge in [-0.15, -0.1) is 0 Å². The number of nitrogens with one attached hydrogen (secondary N) is 1. The highest BCUT2D eigenvalue weighted by atomic mass is 14.5. The van der Waals surface area contributed by atoms with Crippen LogP contribution in [0.25, 0.3) is 0 Å². The lowest BCUT2D eigenvalue weighted by molar-refractivity contribution is 0.282. The molecular weight excluding hydrogens is 182 g/mol. The Balaban J connectivity index is 4.43. The third kappa shape index (κ3) is 4.81. The van der Waals surface area contributed by atoms with Gasteiger partial charge in [0.1, 0.15) is 0 Å². The van der Waals surface area contributed by atoms with E-state index in [9.17, 15) is 0 Å². The van der Waals surface area contributed by atoms with Gasteiger partial charge < -0.3 is 5.41 Å². The minimum atomic E-state index is 0.389. The topological polar surface area (TPSA) is 23.9 Å². The summed E-state index contributed by atoms with van der Waals surface area (Å²) in [5.74, 6) is 0.956. The number of hydrogen-bond donors (Lipinski definition) is 1. The molecule has 0 aromatic rings. The van der Waals surface area contributed by atoms with E-state index in [4.69, 9.17) is 5.41 Å². The average Bonchev–Trinajstić information content (AvgIpc) is 2.23. The van der Waals surface area contributed by atoms with Crippen LogP contribution in [-0.2, 0) is 0 Å². The molecule has 0 aliphatic heterocycles. The molecule has 1 heteroatoms. The van der Waals surface area contributed by atoms with Gasteiger partial charge in [0.05, 0.1) is 0 Å². The Kier molecular flexibility index (Phi) is 6.16. The molecule has 0 radical (unpaired) electrons. The van der Waals surface area contributed by atoms with Crippen LogP contribution in [0.2, 0.25) is 0 Å². The van der Waals surface area contributed by atoms with Gasteiger partial charge in [-0.2, -0.15) is 0 Å². The van der Waals surface area contributed by atoms with Crippen molar-refractivity contribution in [1.29, 1.82) is 5.41 Å². The molecule has 0 heterocycles. The number of rotatable bonds is 7. The summed E-state index contributed by atoms with van der Waals surface area (Å²) in [7, 11) is 0. The molecule has 1 unspecified atom stereocenters. The van der Waals surface area contributed by atoms with Crippen LogP contribution in [0.3, 0.4) is 0 Å². The zero-order valence-corrected chi connectivity index (χ0v) is 11.5. The van der Waals surface area contributed by atoms with Gasteiger partial charge >= 0.3 is 0 Å². The third-order valence-electron chi connectivity index (χ3n) is 3.83. The van der Waals surface area contributed by atoms with Gasteiger partial charge in [-0.25, -0.2) is 0 Å². The van der Waals surface area contributed by atoms with Crippen LogP contribution >= 0.6 is 0 Å². The fraction of sp³-hybridized carbons (Fsp3) is 0.929. The second kappa shape index (κ2) is 6.30. The number of hydrogen-bond acceptors (Lipinski definition) is 1. The standard InChI is InChI=1S/C14H29N/c1-7-11(4)13(15)12(8-2)10-14(5,6)9-3/h11-12,15H,7-10H2,1-6H3/t11-,12?/m0/s1. The van der Waals surface area contributed by atoms with Crippen molar-refractivity contribution in [3.8, 4) is 0 Å². The molecule has 0 rings (SSSR count). The molecule has 1 N–H and O–H groups in total. The third-order valence-corrected chi connectivity index (χ3v) is 3.83. The summed E-state index contributed by atoms with van der Waals surface area (Å²) >= 11 is 0. The summed E-state index contributed by atoms with van der Waals surface area (Å²) in [6.07, 6.45) is 4.59. The van der Waals surface area contributed by atoms with E-state index in [1.807, 2.05) is 0 Å². The Morgan fingerprint density at radius 3 is 2.00 bits per heavy atom. The Bertz CT molecular complexity index is 194. The molecule has 2 atom stereocenters. The van der Waals surface area contributed by atoms with Crippen LogP contribution in [0.15, 0.2) is 0 Å². The molecular formula is C14H29N. The lowest BCUT2D eigenvalue weighted by Gasteiger charge is -2.30. The minimum Gasteiger partial charge on any atom is -0.309 e. The van der Waals surface area contributed by atoms with E-state index in [0.29, 0.717) is 17.3 Å². The summed E-state index contributed by atoms with van der Waals surface area (Å²) in [6.45, 7) is 13.5. The molecule has 0 amide bonds. The minimum absolute atomic E-state index is 0.389. The largest absolute Gasteiger partial charge is 0.309 e. The van der Waals surface area contributed by atoms with Crippen molar-refractivity contribution in [2.75, 3.05) is 0 Å². The maximum absolute atomic E-state index is 8.21. The lowest BCUT2D eigenvalue weighted by atomic mass is 9.76. The van der Waals surface area contributed by atoms with Gasteiger partial charge in [0.25, 0.3) is 0 Å². The van der Waals surface area contributed by atoms with Gasteiger partial charge in [0, 0.05) is 5.71 Å². The molecule has 1 nitrogen and oxygen atoms in total. The summed E-state index contributed by atoms with van der Waals surface area (Å²) in [4.78, 5) is 0. The average molecular weight is 211 g/mol. The first-order valence-corrected chi connectivity index (χ1v) is 6.46. The molecule has 0 fully saturated rings. The van der Waals surface area contributed by atoms with Gasteiger partial charge in [0.15, 0.2) is 0 Å². The van der Waals surface area contributed by atoms with E-state index in [2.05, 4.69) is 41.5 Å². The van der Waals surface area contributed by atoms with Crippen LogP contribution in [0.4, 0.5) is 0 Å². The SMILES string of the molecule is CCC(CC(C)(C)CC)C(=N)[C@@H](C)CC. The molecule has 0 saturated heterocycles. The van der Waals surface area contributed by atoms with Crippen molar-refractivity contribution in [2.24, 2.45) is 17.3 Å². The zero-order chi connectivity index (χ0) is 12.1. The normalized spacial score (nSPS) is 16.1. The highest BCUT2D eigenvalue weighted by Crippen LogP contribution is 2.32. The second-order valence-corrected chi connectivity index (χ2v) is 5.59. The van der Waals surface area contributed by atoms with Crippen LogP contribution < -0.4 is 0 Å². The van der Waals surface area contributed by atoms with E-state index >= 15 is 0 Å². The smallest absolute Gasteiger partial charge is 0.0148 e. The first-order valence-electron chi connectivity index (χ1n) is 6.46. The van der Waals surface area contributed by atoms with Crippen molar-refractivity contribution in [3.63, 3.8) is 0 Å². The van der Waals surface area contributed by atoms with Gasteiger partial charge in [-0.1, -0.05) is 48.0 Å². The maximum atomic E-state index is 8.21. The first kappa shape index (κ1) is 14.7. The fourth-order valence-electron chi connectivity index (χ4n) is 1.91. The van der Waals surface area contributed by atoms with Gasteiger partial charge in [-0.3, -0.25) is 0 Å². The van der Waals surface area contributed by atoms with E-state index in [1.54, 1.807) is 0 Å². The monoisotopic (exact) mass is 211 g/mol. The molecule has 0 spiro atoms. The highest BCUT2D eigenvalue weighted by Gasteiger charge is 2.25. The summed E-state index contributed by atoms with van der Waals surface area (Å²) < 4.78 is 0. The van der Waals surface area contributed by atoms with Crippen LogP contribution in [0.5, 0.6) is 0 Å². The molecule has 0 aliphatic carbocycles. The Hall–Kier alpha value is -0.330. The molecule has 15 heavy (non-hydrogen) atoms. The maximum Gasteiger partial charge on any atom is 0.0148 e. The zero-order valence-electron chi connectivity index (χ0n) is 11.5.